The minimum atomic E-state index is -2.91. The highest BCUT2D eigenvalue weighted by Gasteiger charge is 2.19. The Balaban J connectivity index is 3.25. The molecule has 0 saturated carbocycles. The van der Waals surface area contributed by atoms with Crippen molar-refractivity contribution in [1.82, 2.24) is 4.98 Å². The van der Waals surface area contributed by atoms with E-state index >= 15 is 0 Å². The summed E-state index contributed by atoms with van der Waals surface area (Å²) in [5.41, 5.74) is -0.853. The van der Waals surface area contributed by atoms with Gasteiger partial charge in [-0.3, -0.25) is 9.78 Å². The number of nitrogens with zero attached hydrogens (tertiary/aromatic N) is 1. The van der Waals surface area contributed by atoms with Crippen molar-refractivity contribution in [1.29, 1.82) is 0 Å². The molecule has 0 atom stereocenters. The number of aliphatic carboxylic acids is 1. The Kier molecular flexibility index (Phi) is 4.00. The number of aromatic hydroxyl groups is 1. The summed E-state index contributed by atoms with van der Waals surface area (Å²) in [5.74, 6) is -2.19. The van der Waals surface area contributed by atoms with Crippen LogP contribution in [0.15, 0.2) is 6.07 Å². The van der Waals surface area contributed by atoms with E-state index in [4.69, 9.17) is 16.7 Å². The van der Waals surface area contributed by atoms with E-state index in [2.05, 4.69) is 4.98 Å². The van der Waals surface area contributed by atoms with E-state index in [-0.39, 0.29) is 17.3 Å². The first-order valence-corrected chi connectivity index (χ1v) is 4.76. The summed E-state index contributed by atoms with van der Waals surface area (Å²) in [6.45, 7) is 0. The fraction of sp³-hybridized carbons (Fsp3) is 0.333. The van der Waals surface area contributed by atoms with Crippen LogP contribution in [0.4, 0.5) is 8.78 Å². The molecule has 1 heterocycles. The Bertz CT molecular complexity index is 412. The largest absolute Gasteiger partial charge is 0.506 e. The summed E-state index contributed by atoms with van der Waals surface area (Å²) >= 11 is 5.43. The molecule has 1 aromatic heterocycles. The Morgan fingerprint density at radius 1 is 1.56 bits per heavy atom. The number of rotatable bonds is 4. The summed E-state index contributed by atoms with van der Waals surface area (Å²) in [6.07, 6.45) is -3.53. The Labute approximate surface area is 94.5 Å². The van der Waals surface area contributed by atoms with E-state index in [0.29, 0.717) is 0 Å². The summed E-state index contributed by atoms with van der Waals surface area (Å²) in [4.78, 5) is 14.1. The van der Waals surface area contributed by atoms with Crippen LogP contribution in [0.25, 0.3) is 0 Å². The second kappa shape index (κ2) is 5.07. The quantitative estimate of drug-likeness (QED) is 0.804. The van der Waals surface area contributed by atoms with Crippen LogP contribution in [-0.4, -0.2) is 21.2 Å². The highest BCUT2D eigenvalue weighted by atomic mass is 35.5. The average molecular weight is 252 g/mol. The summed E-state index contributed by atoms with van der Waals surface area (Å²) < 4.78 is 25.0. The van der Waals surface area contributed by atoms with Gasteiger partial charge in [0.05, 0.1) is 29.3 Å². The van der Waals surface area contributed by atoms with Crippen LogP contribution < -0.4 is 0 Å². The highest BCUT2D eigenvalue weighted by Crippen LogP contribution is 2.31. The predicted molar refractivity (Wildman–Crippen MR) is 51.8 cm³/mol. The number of carboxylic acids is 1. The van der Waals surface area contributed by atoms with E-state index < -0.39 is 30.1 Å². The van der Waals surface area contributed by atoms with Gasteiger partial charge in [-0.15, -0.1) is 11.6 Å². The molecule has 0 aromatic carbocycles. The maximum Gasteiger partial charge on any atom is 0.309 e. The first kappa shape index (κ1) is 12.6. The first-order valence-electron chi connectivity index (χ1n) is 4.23. The molecule has 0 radical (unpaired) electrons. The minimum absolute atomic E-state index is 0.103. The van der Waals surface area contributed by atoms with Crippen LogP contribution >= 0.6 is 11.6 Å². The molecule has 4 nitrogen and oxygen atoms in total. The number of hydrogen-bond donors (Lipinski definition) is 2. The number of alkyl halides is 3. The van der Waals surface area contributed by atoms with E-state index in [1.165, 1.54) is 0 Å². The van der Waals surface area contributed by atoms with E-state index in [9.17, 15) is 18.7 Å². The van der Waals surface area contributed by atoms with Crippen molar-refractivity contribution in [3.63, 3.8) is 0 Å². The van der Waals surface area contributed by atoms with E-state index in [1.807, 2.05) is 0 Å². The number of halogens is 3. The molecule has 1 aromatic rings. The zero-order chi connectivity index (χ0) is 12.3. The minimum Gasteiger partial charge on any atom is -0.506 e. The SMILES string of the molecule is O=C(O)Cc1nc(CCl)cc(C(F)F)c1O. The third-order valence-electron chi connectivity index (χ3n) is 1.84. The number of carbonyl (C=O) groups is 1. The van der Waals surface area contributed by atoms with Gasteiger partial charge in [-0.05, 0) is 6.07 Å². The first-order chi connectivity index (χ1) is 7.45. The third-order valence-corrected chi connectivity index (χ3v) is 2.11. The Morgan fingerprint density at radius 2 is 2.19 bits per heavy atom. The van der Waals surface area contributed by atoms with Crippen molar-refractivity contribution in [2.45, 2.75) is 18.7 Å². The van der Waals surface area contributed by atoms with Crippen molar-refractivity contribution >= 4 is 17.6 Å². The van der Waals surface area contributed by atoms with Crippen molar-refractivity contribution in [3.8, 4) is 5.75 Å². The van der Waals surface area contributed by atoms with Gasteiger partial charge >= 0.3 is 5.97 Å². The molecule has 7 heteroatoms. The van der Waals surface area contributed by atoms with Gasteiger partial charge in [-0.2, -0.15) is 0 Å². The third kappa shape index (κ3) is 2.79. The molecular formula is C9H8ClF2NO3. The molecule has 1 rings (SSSR count). The monoisotopic (exact) mass is 251 g/mol. The molecule has 0 bridgehead atoms. The molecule has 0 amide bonds. The molecule has 0 saturated heterocycles. The lowest BCUT2D eigenvalue weighted by molar-refractivity contribution is -0.136. The molecule has 0 aliphatic heterocycles. The van der Waals surface area contributed by atoms with Crippen LogP contribution in [0.3, 0.4) is 0 Å². The van der Waals surface area contributed by atoms with Gasteiger partial charge in [0, 0.05) is 0 Å². The lowest BCUT2D eigenvalue weighted by Gasteiger charge is -2.09. The Morgan fingerprint density at radius 3 is 2.62 bits per heavy atom. The van der Waals surface area contributed by atoms with Gasteiger partial charge < -0.3 is 10.2 Å². The molecule has 0 aliphatic rings. The van der Waals surface area contributed by atoms with E-state index in [1.54, 1.807) is 0 Å². The smallest absolute Gasteiger partial charge is 0.309 e. The lowest BCUT2D eigenvalue weighted by atomic mass is 10.1. The van der Waals surface area contributed by atoms with Gasteiger partial charge in [0.2, 0.25) is 0 Å². The number of pyridine rings is 1. The van der Waals surface area contributed by atoms with Crippen LogP contribution in [0.2, 0.25) is 0 Å². The standard InChI is InChI=1S/C9H8ClF2NO3/c10-3-4-1-5(9(11)12)8(16)6(13-4)2-7(14)15/h1,9,16H,2-3H2,(H,14,15). The van der Waals surface area contributed by atoms with Gasteiger partial charge in [0.15, 0.2) is 0 Å². The normalized spacial score (nSPS) is 10.8. The van der Waals surface area contributed by atoms with Gasteiger partial charge in [0.25, 0.3) is 6.43 Å². The van der Waals surface area contributed by atoms with Crippen LogP contribution in [0, 0.1) is 0 Å². The maximum atomic E-state index is 12.5. The summed E-state index contributed by atoms with van der Waals surface area (Å²) in [7, 11) is 0. The highest BCUT2D eigenvalue weighted by molar-refractivity contribution is 6.16. The van der Waals surface area contributed by atoms with Crippen molar-refractivity contribution in [2.75, 3.05) is 0 Å². The average Bonchev–Trinajstić information content (AvgIpc) is 2.19. The molecule has 2 N–H and O–H groups in total. The van der Waals surface area contributed by atoms with Gasteiger partial charge in [0.1, 0.15) is 5.75 Å². The molecule has 88 valence electrons. The summed E-state index contributed by atoms with van der Waals surface area (Å²) in [6, 6.07) is 0.957. The molecule has 16 heavy (non-hydrogen) atoms. The molecule has 0 unspecified atom stereocenters. The molecule has 0 fully saturated rings. The zero-order valence-corrected chi connectivity index (χ0v) is 8.71. The van der Waals surface area contributed by atoms with Gasteiger partial charge in [-0.25, -0.2) is 8.78 Å². The zero-order valence-electron chi connectivity index (χ0n) is 7.95. The second-order valence-electron chi connectivity index (χ2n) is 3.00. The number of carboxylic acid groups (broad SMARTS) is 1. The van der Waals surface area contributed by atoms with Crippen molar-refractivity contribution in [3.05, 3.63) is 23.0 Å². The number of hydrogen-bond acceptors (Lipinski definition) is 3. The summed E-state index contributed by atoms with van der Waals surface area (Å²) in [5, 5.41) is 17.9. The van der Waals surface area contributed by atoms with Crippen molar-refractivity contribution < 1.29 is 23.8 Å². The predicted octanol–water partition coefficient (Wildman–Crippen LogP) is 2.09. The lowest BCUT2D eigenvalue weighted by Crippen LogP contribution is -2.06. The van der Waals surface area contributed by atoms with Crippen molar-refractivity contribution in [2.24, 2.45) is 0 Å². The second-order valence-corrected chi connectivity index (χ2v) is 3.27. The van der Waals surface area contributed by atoms with E-state index in [0.717, 1.165) is 6.07 Å². The molecular weight excluding hydrogens is 244 g/mol. The molecule has 0 aliphatic carbocycles. The van der Waals surface area contributed by atoms with Gasteiger partial charge in [-0.1, -0.05) is 0 Å². The van der Waals surface area contributed by atoms with Crippen LogP contribution in [0.5, 0.6) is 5.75 Å². The van der Waals surface area contributed by atoms with Crippen LogP contribution in [-0.2, 0) is 17.1 Å². The van der Waals surface area contributed by atoms with Crippen LogP contribution in [0.1, 0.15) is 23.4 Å². The maximum absolute atomic E-state index is 12.5. The fourth-order valence-electron chi connectivity index (χ4n) is 1.17. The molecule has 0 spiro atoms. The fourth-order valence-corrected chi connectivity index (χ4v) is 1.31. The topological polar surface area (TPSA) is 70.4 Å². The number of aromatic nitrogens is 1. The Hall–Kier alpha value is -1.43.